The number of hydrogen-bond acceptors (Lipinski definition) is 4. The van der Waals surface area contributed by atoms with Crippen molar-refractivity contribution in [1.29, 1.82) is 0 Å². The Morgan fingerprint density at radius 3 is 2.71 bits per heavy atom. The molecule has 2 aromatic carbocycles. The Bertz CT molecular complexity index is 1000. The highest BCUT2D eigenvalue weighted by Crippen LogP contribution is 2.30. The lowest BCUT2D eigenvalue weighted by Gasteiger charge is -2.11. The van der Waals surface area contributed by atoms with Crippen molar-refractivity contribution in [2.24, 2.45) is 0 Å². The molecule has 0 radical (unpaired) electrons. The lowest BCUT2D eigenvalue weighted by molar-refractivity contribution is -0.137. The molecule has 0 aliphatic carbocycles. The van der Waals surface area contributed by atoms with Gasteiger partial charge >= 0.3 is 6.18 Å². The minimum Gasteiger partial charge on any atom is -0.325 e. The number of rotatable bonds is 5. The molecule has 3 aromatic rings. The van der Waals surface area contributed by atoms with Crippen molar-refractivity contribution in [3.8, 4) is 5.69 Å². The maximum Gasteiger partial charge on any atom is 0.416 e. The largest absolute Gasteiger partial charge is 0.416 e. The standard InChI is InChI=1S/C19H17F3N4OS/c1-12-6-7-13(2)16(8-12)26-11-23-25-18(26)28-10-17(27)24-15-5-3-4-14(9-15)19(20,21)22/h3-9,11H,10H2,1-2H3,(H,24,27). The Morgan fingerprint density at radius 2 is 1.96 bits per heavy atom. The molecule has 1 heterocycles. The van der Waals surface area contributed by atoms with Crippen molar-refractivity contribution in [3.05, 3.63) is 65.5 Å². The van der Waals surface area contributed by atoms with Crippen molar-refractivity contribution < 1.29 is 18.0 Å². The van der Waals surface area contributed by atoms with E-state index >= 15 is 0 Å². The molecule has 0 aliphatic rings. The van der Waals surface area contributed by atoms with E-state index in [4.69, 9.17) is 0 Å². The number of aryl methyl sites for hydroxylation is 2. The molecular weight excluding hydrogens is 389 g/mol. The van der Waals surface area contributed by atoms with Crippen LogP contribution in [0.3, 0.4) is 0 Å². The molecule has 0 unspecified atom stereocenters. The first-order chi connectivity index (χ1) is 13.2. The second-order valence-electron chi connectivity index (χ2n) is 6.19. The van der Waals surface area contributed by atoms with Crippen molar-refractivity contribution in [1.82, 2.24) is 14.8 Å². The number of alkyl halides is 3. The van der Waals surface area contributed by atoms with E-state index < -0.39 is 17.6 Å². The van der Waals surface area contributed by atoms with Crippen LogP contribution in [0.2, 0.25) is 0 Å². The molecule has 9 heteroatoms. The van der Waals surface area contributed by atoms with Crippen LogP contribution >= 0.6 is 11.8 Å². The van der Waals surface area contributed by atoms with Crippen LogP contribution < -0.4 is 5.32 Å². The minimum absolute atomic E-state index is 0.0141. The number of nitrogens with zero attached hydrogens (tertiary/aromatic N) is 3. The molecule has 3 rings (SSSR count). The fourth-order valence-electron chi connectivity index (χ4n) is 2.57. The van der Waals surface area contributed by atoms with E-state index in [9.17, 15) is 18.0 Å². The predicted molar refractivity (Wildman–Crippen MR) is 102 cm³/mol. The van der Waals surface area contributed by atoms with Gasteiger partial charge in [0.2, 0.25) is 5.91 Å². The summed E-state index contributed by atoms with van der Waals surface area (Å²) in [5, 5.41) is 10.9. The monoisotopic (exact) mass is 406 g/mol. The van der Waals surface area contributed by atoms with Gasteiger partial charge in [-0.2, -0.15) is 13.2 Å². The molecule has 0 bridgehead atoms. The van der Waals surface area contributed by atoms with E-state index in [0.717, 1.165) is 40.7 Å². The zero-order valence-corrected chi connectivity index (χ0v) is 15.9. The summed E-state index contributed by atoms with van der Waals surface area (Å²) in [6, 6.07) is 10.5. The molecule has 0 saturated heterocycles. The third-order valence-corrected chi connectivity index (χ3v) is 4.89. The molecule has 0 atom stereocenters. The van der Waals surface area contributed by atoms with Crippen molar-refractivity contribution in [2.75, 3.05) is 11.1 Å². The highest BCUT2D eigenvalue weighted by Gasteiger charge is 2.30. The number of halogens is 3. The molecule has 0 aliphatic heterocycles. The number of aromatic nitrogens is 3. The highest BCUT2D eigenvalue weighted by molar-refractivity contribution is 7.99. The van der Waals surface area contributed by atoms with Gasteiger partial charge < -0.3 is 5.32 Å². The van der Waals surface area contributed by atoms with E-state index in [1.54, 1.807) is 10.9 Å². The zero-order chi connectivity index (χ0) is 20.3. The van der Waals surface area contributed by atoms with E-state index in [-0.39, 0.29) is 11.4 Å². The quantitative estimate of drug-likeness (QED) is 0.628. The number of nitrogens with one attached hydrogen (secondary N) is 1. The van der Waals surface area contributed by atoms with Gasteiger partial charge in [-0.05, 0) is 49.2 Å². The van der Waals surface area contributed by atoms with Gasteiger partial charge in [0.1, 0.15) is 6.33 Å². The number of thioether (sulfide) groups is 1. The number of carbonyl (C=O) groups is 1. The number of hydrogen-bond donors (Lipinski definition) is 1. The fraction of sp³-hybridized carbons (Fsp3) is 0.211. The summed E-state index contributed by atoms with van der Waals surface area (Å²) in [7, 11) is 0. The van der Waals surface area contributed by atoms with Crippen LogP contribution in [-0.4, -0.2) is 26.4 Å². The molecule has 1 amide bonds. The summed E-state index contributed by atoms with van der Waals surface area (Å²) in [5.41, 5.74) is 2.29. The second kappa shape index (κ2) is 8.05. The molecule has 28 heavy (non-hydrogen) atoms. The van der Waals surface area contributed by atoms with Crippen LogP contribution in [0.15, 0.2) is 53.9 Å². The van der Waals surface area contributed by atoms with Crippen LogP contribution in [0.4, 0.5) is 18.9 Å². The summed E-state index contributed by atoms with van der Waals surface area (Å²) in [5.74, 6) is -0.445. The topological polar surface area (TPSA) is 59.8 Å². The zero-order valence-electron chi connectivity index (χ0n) is 15.1. The first-order valence-electron chi connectivity index (χ1n) is 8.31. The fourth-order valence-corrected chi connectivity index (χ4v) is 3.29. The van der Waals surface area contributed by atoms with Crippen molar-refractivity contribution in [3.63, 3.8) is 0 Å². The van der Waals surface area contributed by atoms with Crippen molar-refractivity contribution >= 4 is 23.4 Å². The van der Waals surface area contributed by atoms with E-state index in [2.05, 4.69) is 15.5 Å². The molecule has 0 saturated carbocycles. The molecule has 1 N–H and O–H groups in total. The average molecular weight is 406 g/mol. The lowest BCUT2D eigenvalue weighted by Crippen LogP contribution is -2.15. The molecule has 146 valence electrons. The smallest absolute Gasteiger partial charge is 0.325 e. The summed E-state index contributed by atoms with van der Waals surface area (Å²) >= 11 is 1.16. The maximum absolute atomic E-state index is 12.8. The Kier molecular flexibility index (Phi) is 5.73. The molecular formula is C19H17F3N4OS. The number of benzene rings is 2. The summed E-state index contributed by atoms with van der Waals surface area (Å²) in [6.07, 6.45) is -2.90. The third kappa shape index (κ3) is 4.72. The first kappa shape index (κ1) is 19.9. The van der Waals surface area contributed by atoms with Gasteiger partial charge in [-0.25, -0.2) is 0 Å². The van der Waals surface area contributed by atoms with Gasteiger partial charge in [0.05, 0.1) is 17.0 Å². The van der Waals surface area contributed by atoms with Gasteiger partial charge in [-0.3, -0.25) is 9.36 Å². The molecule has 5 nitrogen and oxygen atoms in total. The van der Waals surface area contributed by atoms with E-state index in [1.165, 1.54) is 12.1 Å². The SMILES string of the molecule is Cc1ccc(C)c(-n2cnnc2SCC(=O)Nc2cccc(C(F)(F)F)c2)c1. The Hall–Kier alpha value is -2.81. The Labute approximate surface area is 164 Å². The summed E-state index contributed by atoms with van der Waals surface area (Å²) in [4.78, 5) is 12.2. The summed E-state index contributed by atoms with van der Waals surface area (Å²) < 4.78 is 40.1. The normalized spacial score (nSPS) is 11.5. The van der Waals surface area contributed by atoms with Gasteiger partial charge in [-0.15, -0.1) is 10.2 Å². The highest BCUT2D eigenvalue weighted by atomic mass is 32.2. The van der Waals surface area contributed by atoms with Crippen LogP contribution in [0.1, 0.15) is 16.7 Å². The van der Waals surface area contributed by atoms with Gasteiger partial charge in [-0.1, -0.05) is 30.0 Å². The first-order valence-corrected chi connectivity index (χ1v) is 9.30. The van der Waals surface area contributed by atoms with Crippen molar-refractivity contribution in [2.45, 2.75) is 25.2 Å². The van der Waals surface area contributed by atoms with Crippen LogP contribution in [-0.2, 0) is 11.0 Å². The van der Waals surface area contributed by atoms with Gasteiger partial charge in [0.15, 0.2) is 5.16 Å². The Morgan fingerprint density at radius 1 is 1.18 bits per heavy atom. The number of carbonyl (C=O) groups excluding carboxylic acids is 1. The second-order valence-corrected chi connectivity index (χ2v) is 7.13. The maximum atomic E-state index is 12.8. The average Bonchev–Trinajstić information content (AvgIpc) is 3.10. The Balaban J connectivity index is 1.68. The third-order valence-electron chi connectivity index (χ3n) is 3.95. The van der Waals surface area contributed by atoms with Gasteiger partial charge in [0, 0.05) is 5.69 Å². The number of amides is 1. The molecule has 0 fully saturated rings. The van der Waals surface area contributed by atoms with Crippen LogP contribution in [0.25, 0.3) is 5.69 Å². The van der Waals surface area contributed by atoms with Crippen LogP contribution in [0, 0.1) is 13.8 Å². The van der Waals surface area contributed by atoms with E-state index in [0.29, 0.717) is 5.16 Å². The van der Waals surface area contributed by atoms with E-state index in [1.807, 2.05) is 32.0 Å². The number of anilines is 1. The lowest BCUT2D eigenvalue weighted by atomic mass is 10.1. The molecule has 1 aromatic heterocycles. The minimum atomic E-state index is -4.46. The predicted octanol–water partition coefficient (Wildman–Crippen LogP) is 4.63. The summed E-state index contributed by atoms with van der Waals surface area (Å²) in [6.45, 7) is 3.94. The van der Waals surface area contributed by atoms with Gasteiger partial charge in [0.25, 0.3) is 0 Å². The molecule has 0 spiro atoms. The van der Waals surface area contributed by atoms with Crippen LogP contribution in [0.5, 0.6) is 0 Å².